The maximum absolute atomic E-state index is 12.7. The predicted octanol–water partition coefficient (Wildman–Crippen LogP) is 2.19. The van der Waals surface area contributed by atoms with Gasteiger partial charge < -0.3 is 9.63 Å². The Morgan fingerprint density at radius 1 is 1.35 bits per heavy atom. The van der Waals surface area contributed by atoms with Gasteiger partial charge in [-0.05, 0) is 37.6 Å². The minimum atomic E-state index is -0.392. The van der Waals surface area contributed by atoms with Gasteiger partial charge in [-0.1, -0.05) is 5.16 Å². The van der Waals surface area contributed by atoms with Gasteiger partial charge in [-0.25, -0.2) is 4.39 Å². The number of aliphatic hydroxyl groups excluding tert-OH is 1. The lowest BCUT2D eigenvalue weighted by Gasteiger charge is -1.98. The second kappa shape index (κ2) is 5.05. The molecule has 90 valence electrons. The van der Waals surface area contributed by atoms with Gasteiger partial charge in [-0.3, -0.25) is 0 Å². The van der Waals surface area contributed by atoms with E-state index in [-0.39, 0.29) is 5.82 Å². The van der Waals surface area contributed by atoms with E-state index in [9.17, 15) is 4.39 Å². The summed E-state index contributed by atoms with van der Waals surface area (Å²) in [5.74, 6) is 0.613. The van der Waals surface area contributed by atoms with E-state index in [1.54, 1.807) is 19.1 Å². The predicted molar refractivity (Wildman–Crippen MR) is 59.7 cm³/mol. The molecule has 5 heteroatoms. The molecule has 1 aromatic carbocycles. The van der Waals surface area contributed by atoms with Gasteiger partial charge in [0, 0.05) is 12.0 Å². The Bertz CT molecular complexity index is 480. The van der Waals surface area contributed by atoms with Crippen LogP contribution < -0.4 is 0 Å². The highest BCUT2D eigenvalue weighted by molar-refractivity contribution is 5.53. The summed E-state index contributed by atoms with van der Waals surface area (Å²) in [6, 6.07) is 5.89. The van der Waals surface area contributed by atoms with Crippen LogP contribution in [-0.4, -0.2) is 21.4 Å². The number of hydrogen-bond acceptors (Lipinski definition) is 4. The fourth-order valence-electron chi connectivity index (χ4n) is 1.40. The molecule has 0 spiro atoms. The molecule has 1 unspecified atom stereocenters. The van der Waals surface area contributed by atoms with Crippen LogP contribution in [-0.2, 0) is 6.42 Å². The van der Waals surface area contributed by atoms with Crippen LogP contribution >= 0.6 is 0 Å². The number of aryl methyl sites for hydroxylation is 1. The molecule has 0 amide bonds. The molecule has 1 atom stereocenters. The highest BCUT2D eigenvalue weighted by Crippen LogP contribution is 2.16. The van der Waals surface area contributed by atoms with E-state index < -0.39 is 6.10 Å². The van der Waals surface area contributed by atoms with Crippen LogP contribution in [0.15, 0.2) is 28.8 Å². The third kappa shape index (κ3) is 3.10. The van der Waals surface area contributed by atoms with Crippen molar-refractivity contribution in [2.75, 3.05) is 0 Å². The summed E-state index contributed by atoms with van der Waals surface area (Å²) in [7, 11) is 0. The smallest absolute Gasteiger partial charge is 0.227 e. The summed E-state index contributed by atoms with van der Waals surface area (Å²) < 4.78 is 17.8. The van der Waals surface area contributed by atoms with Crippen LogP contribution in [0, 0.1) is 5.82 Å². The average Bonchev–Trinajstić information content (AvgIpc) is 2.76. The van der Waals surface area contributed by atoms with Crippen molar-refractivity contribution in [3.8, 4) is 11.4 Å². The molecule has 1 aromatic heterocycles. The lowest BCUT2D eigenvalue weighted by atomic mass is 10.2. The van der Waals surface area contributed by atoms with Crippen molar-refractivity contribution in [1.29, 1.82) is 0 Å². The molecule has 0 aliphatic carbocycles. The third-order valence-electron chi connectivity index (χ3n) is 2.35. The topological polar surface area (TPSA) is 59.2 Å². The summed E-state index contributed by atoms with van der Waals surface area (Å²) in [6.45, 7) is 1.71. The molecule has 17 heavy (non-hydrogen) atoms. The largest absolute Gasteiger partial charge is 0.393 e. The minimum absolute atomic E-state index is 0.299. The minimum Gasteiger partial charge on any atom is -0.393 e. The van der Waals surface area contributed by atoms with Crippen molar-refractivity contribution in [1.82, 2.24) is 10.1 Å². The number of aromatic nitrogens is 2. The Morgan fingerprint density at radius 2 is 2.06 bits per heavy atom. The van der Waals surface area contributed by atoms with E-state index in [1.807, 2.05) is 0 Å². The summed E-state index contributed by atoms with van der Waals surface area (Å²) >= 11 is 0. The molecule has 4 nitrogen and oxygen atoms in total. The normalized spacial score (nSPS) is 12.6. The first kappa shape index (κ1) is 11.7. The van der Waals surface area contributed by atoms with Crippen molar-refractivity contribution in [3.63, 3.8) is 0 Å². The van der Waals surface area contributed by atoms with Crippen LogP contribution in [0.3, 0.4) is 0 Å². The van der Waals surface area contributed by atoms with Gasteiger partial charge in [0.1, 0.15) is 5.82 Å². The van der Waals surface area contributed by atoms with Crippen molar-refractivity contribution >= 4 is 0 Å². The first-order valence-corrected chi connectivity index (χ1v) is 5.42. The van der Waals surface area contributed by atoms with E-state index in [0.29, 0.717) is 30.1 Å². The summed E-state index contributed by atoms with van der Waals surface area (Å²) in [6.07, 6.45) is 0.716. The zero-order valence-electron chi connectivity index (χ0n) is 9.43. The first-order chi connectivity index (χ1) is 8.15. The number of benzene rings is 1. The van der Waals surface area contributed by atoms with Gasteiger partial charge in [-0.15, -0.1) is 0 Å². The molecular formula is C12H13FN2O2. The third-order valence-corrected chi connectivity index (χ3v) is 2.35. The van der Waals surface area contributed by atoms with Crippen LogP contribution in [0.4, 0.5) is 4.39 Å². The van der Waals surface area contributed by atoms with Gasteiger partial charge in [0.05, 0.1) is 6.10 Å². The maximum atomic E-state index is 12.7. The van der Waals surface area contributed by atoms with Gasteiger partial charge in [0.15, 0.2) is 0 Å². The molecule has 0 radical (unpaired) electrons. The molecule has 0 bridgehead atoms. The number of nitrogens with zero attached hydrogens (tertiary/aromatic N) is 2. The van der Waals surface area contributed by atoms with Crippen LogP contribution in [0.5, 0.6) is 0 Å². The number of hydrogen-bond donors (Lipinski definition) is 1. The SMILES string of the molecule is CC(O)CCc1nc(-c2ccc(F)cc2)no1. The van der Waals surface area contributed by atoms with E-state index in [1.165, 1.54) is 12.1 Å². The number of rotatable bonds is 4. The fourth-order valence-corrected chi connectivity index (χ4v) is 1.40. The van der Waals surface area contributed by atoms with E-state index >= 15 is 0 Å². The van der Waals surface area contributed by atoms with E-state index in [2.05, 4.69) is 10.1 Å². The Morgan fingerprint density at radius 3 is 2.71 bits per heavy atom. The molecule has 0 aliphatic heterocycles. The van der Waals surface area contributed by atoms with Crippen LogP contribution in [0.25, 0.3) is 11.4 Å². The Hall–Kier alpha value is -1.75. The molecule has 2 aromatic rings. The van der Waals surface area contributed by atoms with E-state index in [4.69, 9.17) is 9.63 Å². The van der Waals surface area contributed by atoms with Crippen LogP contribution in [0.1, 0.15) is 19.2 Å². The van der Waals surface area contributed by atoms with E-state index in [0.717, 1.165) is 0 Å². The molecule has 1 heterocycles. The number of aliphatic hydroxyl groups is 1. The highest BCUT2D eigenvalue weighted by Gasteiger charge is 2.09. The molecule has 1 N–H and O–H groups in total. The summed E-state index contributed by atoms with van der Waals surface area (Å²) in [5, 5.41) is 12.9. The Balaban J connectivity index is 2.10. The van der Waals surface area contributed by atoms with Gasteiger partial charge in [-0.2, -0.15) is 4.98 Å². The Labute approximate surface area is 98.1 Å². The van der Waals surface area contributed by atoms with Crippen molar-refractivity contribution in [2.45, 2.75) is 25.9 Å². The van der Waals surface area contributed by atoms with Gasteiger partial charge >= 0.3 is 0 Å². The molecule has 0 fully saturated rings. The standard InChI is InChI=1S/C12H13FN2O2/c1-8(16)2-7-11-14-12(15-17-11)9-3-5-10(13)6-4-9/h3-6,8,16H,2,7H2,1H3. The lowest BCUT2D eigenvalue weighted by molar-refractivity contribution is 0.180. The molecule has 0 saturated heterocycles. The summed E-state index contributed by atoms with van der Waals surface area (Å²) in [5.41, 5.74) is 0.707. The molecule has 2 rings (SSSR count). The lowest BCUT2D eigenvalue weighted by Crippen LogP contribution is -2.01. The van der Waals surface area contributed by atoms with Crippen molar-refractivity contribution in [3.05, 3.63) is 36.0 Å². The fraction of sp³-hybridized carbons (Fsp3) is 0.333. The molecular weight excluding hydrogens is 223 g/mol. The quantitative estimate of drug-likeness (QED) is 0.884. The van der Waals surface area contributed by atoms with Gasteiger partial charge in [0.2, 0.25) is 11.7 Å². The molecule has 0 saturated carbocycles. The second-order valence-electron chi connectivity index (χ2n) is 3.91. The number of halogens is 1. The zero-order chi connectivity index (χ0) is 12.3. The monoisotopic (exact) mass is 236 g/mol. The maximum Gasteiger partial charge on any atom is 0.227 e. The van der Waals surface area contributed by atoms with Gasteiger partial charge in [0.25, 0.3) is 0 Å². The summed E-state index contributed by atoms with van der Waals surface area (Å²) in [4.78, 5) is 4.17. The van der Waals surface area contributed by atoms with Crippen molar-refractivity contribution < 1.29 is 14.0 Å². The average molecular weight is 236 g/mol. The zero-order valence-corrected chi connectivity index (χ0v) is 9.43. The second-order valence-corrected chi connectivity index (χ2v) is 3.91. The highest BCUT2D eigenvalue weighted by atomic mass is 19.1. The van der Waals surface area contributed by atoms with Crippen LogP contribution in [0.2, 0.25) is 0 Å². The first-order valence-electron chi connectivity index (χ1n) is 5.42. The molecule has 0 aliphatic rings. The van der Waals surface area contributed by atoms with Crippen molar-refractivity contribution in [2.24, 2.45) is 0 Å². The Kier molecular flexibility index (Phi) is 3.49.